The lowest BCUT2D eigenvalue weighted by Crippen LogP contribution is -2.42. The Labute approximate surface area is 147 Å². The molecule has 0 saturated carbocycles. The van der Waals surface area contributed by atoms with Gasteiger partial charge in [0.2, 0.25) is 11.8 Å². The monoisotopic (exact) mass is 343 g/mol. The number of nitrogens with zero attached hydrogens (tertiary/aromatic N) is 2. The molecule has 0 aliphatic carbocycles. The minimum Gasteiger partial charge on any atom is -0.379 e. The average molecular weight is 343 g/mol. The van der Waals surface area contributed by atoms with E-state index in [4.69, 9.17) is 4.74 Å². The Bertz CT molecular complexity index is 768. The van der Waals surface area contributed by atoms with Gasteiger partial charge in [-0.15, -0.1) is 0 Å². The molecular formula is C19H25N3O3. The van der Waals surface area contributed by atoms with Gasteiger partial charge in [-0.25, -0.2) is 0 Å². The van der Waals surface area contributed by atoms with Gasteiger partial charge in [-0.1, -0.05) is 6.07 Å². The molecule has 134 valence electrons. The first-order valence-corrected chi connectivity index (χ1v) is 8.67. The van der Waals surface area contributed by atoms with Gasteiger partial charge in [-0.3, -0.25) is 9.59 Å². The molecule has 1 N–H and O–H groups in total. The Morgan fingerprint density at radius 3 is 2.96 bits per heavy atom. The summed E-state index contributed by atoms with van der Waals surface area (Å²) in [7, 11) is 2.04. The number of ether oxygens (including phenoxy) is 1. The second-order valence-electron chi connectivity index (χ2n) is 6.71. The second-order valence-corrected chi connectivity index (χ2v) is 6.71. The van der Waals surface area contributed by atoms with E-state index in [0.29, 0.717) is 26.3 Å². The van der Waals surface area contributed by atoms with Crippen molar-refractivity contribution in [3.63, 3.8) is 0 Å². The van der Waals surface area contributed by atoms with Crippen molar-refractivity contribution in [2.24, 2.45) is 13.0 Å². The Balaban J connectivity index is 1.65. The first-order valence-electron chi connectivity index (χ1n) is 8.67. The lowest BCUT2D eigenvalue weighted by Gasteiger charge is -2.24. The number of carbonyl (C=O) groups excluding carboxylic acids is 2. The number of rotatable bonds is 4. The standard InChI is InChI=1S/C19H25N3O3/c1-14(23)20-11-19(24)22-7-8-25-13-16(12-22)9-15-3-4-18-17(10-15)5-6-21(18)2/h3-6,10,16H,7-9,11-13H2,1-2H3,(H,20,23)/t16-/m0/s1. The number of hydrogen-bond acceptors (Lipinski definition) is 3. The number of aromatic nitrogens is 1. The van der Waals surface area contributed by atoms with Crippen LogP contribution in [-0.2, 0) is 27.8 Å². The van der Waals surface area contributed by atoms with Crippen LogP contribution in [-0.4, -0.2) is 54.1 Å². The number of aryl methyl sites for hydroxylation is 1. The molecule has 1 fully saturated rings. The second kappa shape index (κ2) is 7.70. The molecule has 2 heterocycles. The molecule has 2 amide bonds. The van der Waals surface area contributed by atoms with Gasteiger partial charge in [0.15, 0.2) is 0 Å². The van der Waals surface area contributed by atoms with E-state index in [1.165, 1.54) is 23.4 Å². The molecule has 1 aromatic carbocycles. The summed E-state index contributed by atoms with van der Waals surface area (Å²) in [6.45, 7) is 3.90. The van der Waals surface area contributed by atoms with Crippen LogP contribution in [0.15, 0.2) is 30.5 Å². The van der Waals surface area contributed by atoms with Crippen LogP contribution in [0.4, 0.5) is 0 Å². The maximum atomic E-state index is 12.3. The quantitative estimate of drug-likeness (QED) is 0.911. The lowest BCUT2D eigenvalue weighted by molar-refractivity contribution is -0.132. The van der Waals surface area contributed by atoms with Crippen molar-refractivity contribution in [3.8, 4) is 0 Å². The van der Waals surface area contributed by atoms with Crippen LogP contribution in [0.1, 0.15) is 12.5 Å². The van der Waals surface area contributed by atoms with E-state index in [9.17, 15) is 9.59 Å². The Hall–Kier alpha value is -2.34. The fourth-order valence-corrected chi connectivity index (χ4v) is 3.33. The number of carbonyl (C=O) groups is 2. The molecular weight excluding hydrogens is 318 g/mol. The van der Waals surface area contributed by atoms with E-state index in [1.54, 1.807) is 4.90 Å². The summed E-state index contributed by atoms with van der Waals surface area (Å²) in [6.07, 6.45) is 2.93. The molecule has 0 unspecified atom stereocenters. The molecule has 25 heavy (non-hydrogen) atoms. The fourth-order valence-electron chi connectivity index (χ4n) is 3.33. The van der Waals surface area contributed by atoms with Crippen LogP contribution in [0.3, 0.4) is 0 Å². The third-order valence-corrected chi connectivity index (χ3v) is 4.65. The summed E-state index contributed by atoms with van der Waals surface area (Å²) in [6, 6.07) is 8.62. The highest BCUT2D eigenvalue weighted by atomic mass is 16.5. The van der Waals surface area contributed by atoms with Crippen molar-refractivity contribution in [1.29, 1.82) is 0 Å². The SMILES string of the molecule is CC(=O)NCC(=O)N1CCOC[C@@H](Cc2ccc3c(ccn3C)c2)C1. The zero-order valence-electron chi connectivity index (χ0n) is 14.8. The highest BCUT2D eigenvalue weighted by Crippen LogP contribution is 2.20. The Kier molecular flexibility index (Phi) is 5.38. The van der Waals surface area contributed by atoms with Gasteiger partial charge < -0.3 is 19.5 Å². The van der Waals surface area contributed by atoms with Crippen LogP contribution in [0, 0.1) is 5.92 Å². The fraction of sp³-hybridized carbons (Fsp3) is 0.474. The molecule has 3 rings (SSSR count). The number of amides is 2. The van der Waals surface area contributed by atoms with Crippen molar-refractivity contribution >= 4 is 22.7 Å². The zero-order valence-corrected chi connectivity index (χ0v) is 14.8. The minimum absolute atomic E-state index is 0.0517. The van der Waals surface area contributed by atoms with Crippen molar-refractivity contribution in [1.82, 2.24) is 14.8 Å². The summed E-state index contributed by atoms with van der Waals surface area (Å²) < 4.78 is 7.80. The van der Waals surface area contributed by atoms with Crippen molar-refractivity contribution in [3.05, 3.63) is 36.0 Å². The van der Waals surface area contributed by atoms with Gasteiger partial charge in [-0.05, 0) is 35.6 Å². The molecule has 6 heteroatoms. The smallest absolute Gasteiger partial charge is 0.242 e. The lowest BCUT2D eigenvalue weighted by atomic mass is 9.98. The predicted molar refractivity (Wildman–Crippen MR) is 96.2 cm³/mol. The predicted octanol–water partition coefficient (Wildman–Crippen LogP) is 1.33. The van der Waals surface area contributed by atoms with Crippen molar-refractivity contribution in [2.75, 3.05) is 32.8 Å². The van der Waals surface area contributed by atoms with Gasteiger partial charge >= 0.3 is 0 Å². The summed E-state index contributed by atoms with van der Waals surface area (Å²) in [5.74, 6) is 0.0151. The van der Waals surface area contributed by atoms with Gasteiger partial charge in [0.1, 0.15) is 0 Å². The largest absolute Gasteiger partial charge is 0.379 e. The molecule has 1 aliphatic heterocycles. The maximum absolute atomic E-state index is 12.3. The van der Waals surface area contributed by atoms with Crippen LogP contribution in [0.5, 0.6) is 0 Å². The van der Waals surface area contributed by atoms with E-state index in [2.05, 4.69) is 40.3 Å². The van der Waals surface area contributed by atoms with Gasteiger partial charge in [0, 0.05) is 44.7 Å². The van der Waals surface area contributed by atoms with Crippen molar-refractivity contribution < 1.29 is 14.3 Å². The normalized spacial score (nSPS) is 18.2. The maximum Gasteiger partial charge on any atom is 0.242 e. The topological polar surface area (TPSA) is 63.6 Å². The van der Waals surface area contributed by atoms with Gasteiger partial charge in [-0.2, -0.15) is 0 Å². The minimum atomic E-state index is -0.188. The van der Waals surface area contributed by atoms with E-state index in [0.717, 1.165) is 6.42 Å². The highest BCUT2D eigenvalue weighted by molar-refractivity contribution is 5.83. The molecule has 0 spiro atoms. The molecule has 1 aromatic heterocycles. The molecule has 1 aliphatic rings. The van der Waals surface area contributed by atoms with E-state index in [1.807, 2.05) is 7.05 Å². The van der Waals surface area contributed by atoms with Gasteiger partial charge in [0.25, 0.3) is 0 Å². The number of nitrogens with one attached hydrogen (secondary N) is 1. The third-order valence-electron chi connectivity index (χ3n) is 4.65. The number of benzene rings is 1. The summed E-state index contributed by atoms with van der Waals surface area (Å²) in [5, 5.41) is 3.81. The van der Waals surface area contributed by atoms with Crippen LogP contribution in [0.2, 0.25) is 0 Å². The van der Waals surface area contributed by atoms with Crippen LogP contribution in [0.25, 0.3) is 10.9 Å². The highest BCUT2D eigenvalue weighted by Gasteiger charge is 2.22. The van der Waals surface area contributed by atoms with Gasteiger partial charge in [0.05, 0.1) is 19.8 Å². The molecule has 6 nitrogen and oxygen atoms in total. The average Bonchev–Trinajstić information content (AvgIpc) is 2.80. The van der Waals surface area contributed by atoms with Crippen molar-refractivity contribution in [2.45, 2.75) is 13.3 Å². The van der Waals surface area contributed by atoms with Crippen LogP contribution >= 0.6 is 0 Å². The third kappa shape index (κ3) is 4.39. The molecule has 1 saturated heterocycles. The first-order chi connectivity index (χ1) is 12.0. The van der Waals surface area contributed by atoms with E-state index < -0.39 is 0 Å². The molecule has 1 atom stereocenters. The summed E-state index contributed by atoms with van der Waals surface area (Å²) in [5.41, 5.74) is 2.47. The van der Waals surface area contributed by atoms with E-state index in [-0.39, 0.29) is 24.3 Å². The molecule has 2 aromatic rings. The molecule has 0 bridgehead atoms. The summed E-state index contributed by atoms with van der Waals surface area (Å²) >= 11 is 0. The number of fused-ring (bicyclic) bond motifs is 1. The summed E-state index contributed by atoms with van der Waals surface area (Å²) in [4.78, 5) is 25.1. The van der Waals surface area contributed by atoms with E-state index >= 15 is 0 Å². The zero-order chi connectivity index (χ0) is 17.8. The number of hydrogen-bond donors (Lipinski definition) is 1. The Morgan fingerprint density at radius 1 is 1.32 bits per heavy atom. The Morgan fingerprint density at radius 2 is 2.16 bits per heavy atom. The first kappa shape index (κ1) is 17.5. The van der Waals surface area contributed by atoms with Crippen LogP contribution < -0.4 is 5.32 Å². The molecule has 0 radical (unpaired) electrons.